The van der Waals surface area contributed by atoms with E-state index in [4.69, 9.17) is 4.74 Å². The van der Waals surface area contributed by atoms with Crippen LogP contribution in [0.3, 0.4) is 0 Å². The zero-order valence-electron chi connectivity index (χ0n) is 28.1. The lowest BCUT2D eigenvalue weighted by molar-refractivity contribution is 0.0632. The average Bonchev–Trinajstić information content (AvgIpc) is 2.88. The highest BCUT2D eigenvalue weighted by Gasteiger charge is 2.41. The topological polar surface area (TPSA) is 50.4 Å². The fourth-order valence-corrected chi connectivity index (χ4v) is 7.50. The first-order chi connectivity index (χ1) is 19.2. The number of unbranched alkanes of at least 4 members (excludes halogenated alkanes) is 16. The van der Waals surface area contributed by atoms with Gasteiger partial charge in [-0.2, -0.15) is 0 Å². The number of nitrogens with one attached hydrogen (secondary N) is 2. The van der Waals surface area contributed by atoms with Gasteiger partial charge >= 0.3 is 6.09 Å². The molecule has 4 heteroatoms. The van der Waals surface area contributed by atoms with Crippen molar-refractivity contribution in [3.63, 3.8) is 0 Å². The molecule has 0 saturated heterocycles. The number of hydrogen-bond donors (Lipinski definition) is 2. The lowest BCUT2D eigenvalue weighted by atomic mass is 9.62. The molecule has 4 nitrogen and oxygen atoms in total. The molecule has 0 aromatic heterocycles. The highest BCUT2D eigenvalue weighted by atomic mass is 16.5. The molecule has 0 spiro atoms. The number of rotatable bonds is 25. The van der Waals surface area contributed by atoms with E-state index in [1.165, 1.54) is 135 Å². The van der Waals surface area contributed by atoms with Crippen LogP contribution in [0.25, 0.3) is 0 Å². The Bertz CT molecular complexity index is 608. The van der Waals surface area contributed by atoms with Gasteiger partial charge in [0.1, 0.15) is 0 Å². The van der Waals surface area contributed by atoms with Crippen molar-refractivity contribution in [3.8, 4) is 0 Å². The first-order valence-corrected chi connectivity index (χ1v) is 17.8. The molecule has 0 heterocycles. The smallest absolute Gasteiger partial charge is 0.407 e. The van der Waals surface area contributed by atoms with Crippen LogP contribution < -0.4 is 10.6 Å². The molecule has 1 amide bonds. The van der Waals surface area contributed by atoms with E-state index in [0.717, 1.165) is 19.4 Å². The molecule has 2 N–H and O–H groups in total. The van der Waals surface area contributed by atoms with Gasteiger partial charge in [-0.25, -0.2) is 4.79 Å². The molecule has 238 valence electrons. The van der Waals surface area contributed by atoms with Crippen LogP contribution in [0.1, 0.15) is 182 Å². The molecular formula is C36H72N2O2. The molecule has 0 radical (unpaired) electrons. The Kier molecular flexibility index (Phi) is 21.2. The van der Waals surface area contributed by atoms with Gasteiger partial charge in [0.25, 0.3) is 0 Å². The first kappa shape index (κ1) is 37.3. The van der Waals surface area contributed by atoms with Gasteiger partial charge in [0, 0.05) is 12.6 Å². The van der Waals surface area contributed by atoms with Crippen molar-refractivity contribution in [3.05, 3.63) is 0 Å². The predicted octanol–water partition coefficient (Wildman–Crippen LogP) is 11.0. The first-order valence-electron chi connectivity index (χ1n) is 17.8. The molecule has 40 heavy (non-hydrogen) atoms. The summed E-state index contributed by atoms with van der Waals surface area (Å²) < 4.78 is 5.90. The van der Waals surface area contributed by atoms with Crippen molar-refractivity contribution < 1.29 is 9.53 Å². The van der Waals surface area contributed by atoms with Gasteiger partial charge in [-0.15, -0.1) is 0 Å². The van der Waals surface area contributed by atoms with Crippen LogP contribution in [0.15, 0.2) is 0 Å². The third-order valence-electron chi connectivity index (χ3n) is 9.25. The van der Waals surface area contributed by atoms with Crippen LogP contribution in [0.5, 0.6) is 0 Å². The van der Waals surface area contributed by atoms with Crippen LogP contribution in [0.4, 0.5) is 4.79 Å². The Morgan fingerprint density at radius 1 is 0.725 bits per heavy atom. The van der Waals surface area contributed by atoms with E-state index in [1.807, 2.05) is 7.05 Å². The van der Waals surface area contributed by atoms with E-state index in [0.29, 0.717) is 12.5 Å². The van der Waals surface area contributed by atoms with Crippen molar-refractivity contribution in [2.75, 3.05) is 20.2 Å². The molecule has 1 fully saturated rings. The van der Waals surface area contributed by atoms with Gasteiger partial charge in [-0.05, 0) is 55.9 Å². The van der Waals surface area contributed by atoms with Crippen LogP contribution >= 0.6 is 0 Å². The summed E-state index contributed by atoms with van der Waals surface area (Å²) >= 11 is 0. The molecule has 1 aliphatic carbocycles. The van der Waals surface area contributed by atoms with Crippen molar-refractivity contribution in [2.45, 2.75) is 188 Å². The molecule has 3 atom stereocenters. The largest absolute Gasteiger partial charge is 0.449 e. The minimum atomic E-state index is -0.196. The molecule has 0 aromatic carbocycles. The maximum atomic E-state index is 12.9. The lowest BCUT2D eigenvalue weighted by Crippen LogP contribution is -2.49. The second kappa shape index (κ2) is 22.8. The van der Waals surface area contributed by atoms with E-state index < -0.39 is 0 Å². The molecular weight excluding hydrogens is 492 g/mol. The number of hydrogen-bond acceptors (Lipinski definition) is 3. The highest BCUT2D eigenvalue weighted by molar-refractivity contribution is 5.67. The van der Waals surface area contributed by atoms with E-state index in [-0.39, 0.29) is 23.0 Å². The minimum Gasteiger partial charge on any atom is -0.449 e. The number of carbonyl (C=O) groups is 1. The maximum Gasteiger partial charge on any atom is 0.407 e. The third-order valence-corrected chi connectivity index (χ3v) is 9.25. The van der Waals surface area contributed by atoms with Crippen molar-refractivity contribution in [1.29, 1.82) is 0 Å². The van der Waals surface area contributed by atoms with Crippen LogP contribution in [-0.4, -0.2) is 32.3 Å². The van der Waals surface area contributed by atoms with Gasteiger partial charge < -0.3 is 15.4 Å². The van der Waals surface area contributed by atoms with Crippen molar-refractivity contribution >= 4 is 6.09 Å². The summed E-state index contributed by atoms with van der Waals surface area (Å²) in [4.78, 5) is 12.9. The van der Waals surface area contributed by atoms with E-state index in [1.54, 1.807) is 0 Å². The normalized spacial score (nSPS) is 21.3. The third kappa shape index (κ3) is 19.4. The molecule has 1 saturated carbocycles. The molecule has 3 unspecified atom stereocenters. The zero-order chi connectivity index (χ0) is 29.5. The Balaban J connectivity index is 2.41. The minimum absolute atomic E-state index is 0.196. The number of carbonyl (C=O) groups excluding carboxylic acids is 1. The highest BCUT2D eigenvalue weighted by Crippen LogP contribution is 2.45. The van der Waals surface area contributed by atoms with Crippen LogP contribution in [0, 0.1) is 16.7 Å². The number of alkyl carbamates (subject to hydrolysis) is 1. The Morgan fingerprint density at radius 3 is 1.62 bits per heavy atom. The van der Waals surface area contributed by atoms with Crippen molar-refractivity contribution in [1.82, 2.24) is 10.6 Å². The zero-order valence-corrected chi connectivity index (χ0v) is 28.1. The van der Waals surface area contributed by atoms with E-state index in [9.17, 15) is 4.79 Å². The van der Waals surface area contributed by atoms with Gasteiger partial charge in [-0.3, -0.25) is 0 Å². The van der Waals surface area contributed by atoms with E-state index in [2.05, 4.69) is 45.3 Å². The molecule has 1 rings (SSSR count). The summed E-state index contributed by atoms with van der Waals surface area (Å²) in [5.74, 6) is 0.511. The lowest BCUT2D eigenvalue weighted by Gasteiger charge is -2.46. The van der Waals surface area contributed by atoms with Gasteiger partial charge in [0.15, 0.2) is 0 Å². The van der Waals surface area contributed by atoms with Gasteiger partial charge in [-0.1, -0.05) is 150 Å². The maximum absolute atomic E-state index is 12.9. The fourth-order valence-electron chi connectivity index (χ4n) is 7.50. The summed E-state index contributed by atoms with van der Waals surface area (Å²) in [7, 11) is 2.03. The molecule has 0 aromatic rings. The van der Waals surface area contributed by atoms with Gasteiger partial charge in [0.05, 0.1) is 6.61 Å². The van der Waals surface area contributed by atoms with Crippen molar-refractivity contribution in [2.24, 2.45) is 16.7 Å². The standard InChI is InChI=1S/C36H72N2O2/c1-7-9-11-13-15-17-18-20-22-24-26-32(25-23-21-19-16-14-12-10-8-2)29-40-34(39)38-33-27-35(3,4)30-36(5,28-33)31-37-6/h32-33,37H,7-31H2,1-6H3,(H,38,39). The Morgan fingerprint density at radius 2 is 1.18 bits per heavy atom. The summed E-state index contributed by atoms with van der Waals surface area (Å²) in [6.07, 6.45) is 30.0. The fraction of sp³-hybridized carbons (Fsp3) is 0.972. The Hall–Kier alpha value is -0.770. The summed E-state index contributed by atoms with van der Waals surface area (Å²) in [5, 5.41) is 6.64. The molecule has 0 bridgehead atoms. The summed E-state index contributed by atoms with van der Waals surface area (Å²) in [6.45, 7) is 13.2. The monoisotopic (exact) mass is 565 g/mol. The van der Waals surface area contributed by atoms with Crippen LogP contribution in [-0.2, 0) is 4.74 Å². The summed E-state index contributed by atoms with van der Waals surface area (Å²) in [6, 6.07) is 0.197. The average molecular weight is 565 g/mol. The molecule has 1 aliphatic rings. The van der Waals surface area contributed by atoms with E-state index >= 15 is 0 Å². The number of ether oxygens (including phenoxy) is 1. The Labute approximate surface area is 251 Å². The van der Waals surface area contributed by atoms with Crippen LogP contribution in [0.2, 0.25) is 0 Å². The van der Waals surface area contributed by atoms with Gasteiger partial charge in [0.2, 0.25) is 0 Å². The molecule has 0 aliphatic heterocycles. The second-order valence-corrected chi connectivity index (χ2v) is 14.6. The summed E-state index contributed by atoms with van der Waals surface area (Å²) in [5.41, 5.74) is 0.444. The predicted molar refractivity (Wildman–Crippen MR) is 175 cm³/mol. The number of amides is 1. The quantitative estimate of drug-likeness (QED) is 0.108. The SMILES string of the molecule is CCCCCCCCCCCCC(CCCCCCCCCC)COC(=O)NC1CC(C)(C)CC(C)(CNC)C1. The second-order valence-electron chi connectivity index (χ2n) is 14.6.